The van der Waals surface area contributed by atoms with E-state index in [0.717, 1.165) is 30.0 Å². The summed E-state index contributed by atoms with van der Waals surface area (Å²) < 4.78 is 6.98. The summed E-state index contributed by atoms with van der Waals surface area (Å²) in [7, 11) is 3.60. The summed E-state index contributed by atoms with van der Waals surface area (Å²) in [4.78, 5) is 0. The maximum absolute atomic E-state index is 6.11. The van der Waals surface area contributed by atoms with Crippen LogP contribution in [0.1, 0.15) is 32.9 Å². The van der Waals surface area contributed by atoms with Gasteiger partial charge in [-0.05, 0) is 20.3 Å². The van der Waals surface area contributed by atoms with Crippen LogP contribution in [0.3, 0.4) is 0 Å². The van der Waals surface area contributed by atoms with Gasteiger partial charge < -0.3 is 15.8 Å². The van der Waals surface area contributed by atoms with Crippen molar-refractivity contribution < 1.29 is 4.74 Å². The number of nitrogens with zero attached hydrogens (tertiary/aromatic N) is 2. The maximum atomic E-state index is 6.11. The van der Waals surface area contributed by atoms with Crippen molar-refractivity contribution in [3.05, 3.63) is 5.69 Å². The average molecular weight is 240 g/mol. The van der Waals surface area contributed by atoms with Crippen LogP contribution in [0.2, 0.25) is 0 Å². The van der Waals surface area contributed by atoms with Crippen molar-refractivity contribution in [2.45, 2.75) is 39.2 Å². The van der Waals surface area contributed by atoms with Gasteiger partial charge in [0.25, 0.3) is 0 Å². The highest BCUT2D eigenvalue weighted by Gasteiger charge is 2.22. The summed E-state index contributed by atoms with van der Waals surface area (Å²) >= 11 is 0. The first-order valence-electron chi connectivity index (χ1n) is 5.99. The Hall–Kier alpha value is -1.23. The number of nitrogens with two attached hydrogens (primary N) is 1. The van der Waals surface area contributed by atoms with E-state index in [0.29, 0.717) is 6.61 Å². The Balaban J connectivity index is 2.91. The molecule has 0 spiro atoms. The Bertz CT molecular complexity index is 371. The number of hydrogen-bond acceptors (Lipinski definition) is 4. The summed E-state index contributed by atoms with van der Waals surface area (Å²) in [6.07, 6.45) is 1.95. The molecule has 1 aromatic rings. The predicted molar refractivity (Wildman–Crippen MR) is 71.2 cm³/mol. The molecule has 5 heteroatoms. The van der Waals surface area contributed by atoms with E-state index in [-0.39, 0.29) is 5.54 Å². The Kier molecular flexibility index (Phi) is 4.40. The van der Waals surface area contributed by atoms with Gasteiger partial charge in [-0.3, -0.25) is 4.68 Å². The molecule has 0 saturated heterocycles. The molecule has 1 heterocycles. The fourth-order valence-electron chi connectivity index (χ4n) is 1.88. The van der Waals surface area contributed by atoms with Gasteiger partial charge in [-0.2, -0.15) is 5.10 Å². The van der Waals surface area contributed by atoms with Crippen LogP contribution < -0.4 is 11.1 Å². The van der Waals surface area contributed by atoms with Gasteiger partial charge in [-0.15, -0.1) is 0 Å². The third-order valence-corrected chi connectivity index (χ3v) is 2.61. The second-order valence-corrected chi connectivity index (χ2v) is 5.02. The topological polar surface area (TPSA) is 65.1 Å². The van der Waals surface area contributed by atoms with Crippen molar-refractivity contribution >= 4 is 11.5 Å². The second-order valence-electron chi connectivity index (χ2n) is 5.02. The molecule has 17 heavy (non-hydrogen) atoms. The van der Waals surface area contributed by atoms with Gasteiger partial charge in [0.1, 0.15) is 5.82 Å². The molecule has 0 amide bonds. The lowest BCUT2D eigenvalue weighted by Gasteiger charge is -2.26. The first-order chi connectivity index (χ1) is 7.91. The number of aromatic nitrogens is 2. The van der Waals surface area contributed by atoms with Crippen LogP contribution >= 0.6 is 0 Å². The van der Waals surface area contributed by atoms with E-state index in [1.54, 1.807) is 11.8 Å². The predicted octanol–water partition coefficient (Wildman–Crippen LogP) is 1.79. The second kappa shape index (κ2) is 5.40. The number of hydrogen-bond donors (Lipinski definition) is 2. The number of nitrogens with one attached hydrogen (secondary N) is 1. The minimum atomic E-state index is -0.167. The molecule has 5 nitrogen and oxygen atoms in total. The van der Waals surface area contributed by atoms with Gasteiger partial charge >= 0.3 is 0 Å². The number of aryl methyl sites for hydroxylation is 2. The van der Waals surface area contributed by atoms with Crippen molar-refractivity contribution in [3.8, 4) is 0 Å². The number of nitrogen functional groups attached to an aromatic ring is 1. The molecule has 0 aliphatic carbocycles. The molecule has 0 radical (unpaired) electrons. The van der Waals surface area contributed by atoms with Crippen molar-refractivity contribution in [2.24, 2.45) is 7.05 Å². The highest BCUT2D eigenvalue weighted by Crippen LogP contribution is 2.26. The van der Waals surface area contributed by atoms with Crippen LogP contribution in [0.4, 0.5) is 11.5 Å². The van der Waals surface area contributed by atoms with E-state index in [2.05, 4.69) is 31.2 Å². The van der Waals surface area contributed by atoms with Gasteiger partial charge in [0.2, 0.25) is 0 Å². The molecule has 0 fully saturated rings. The van der Waals surface area contributed by atoms with Crippen molar-refractivity contribution in [1.29, 1.82) is 0 Å². The Labute approximate surface area is 103 Å². The van der Waals surface area contributed by atoms with Crippen LogP contribution in [0, 0.1) is 0 Å². The highest BCUT2D eigenvalue weighted by molar-refractivity contribution is 5.65. The fourth-order valence-corrected chi connectivity index (χ4v) is 1.88. The first-order valence-corrected chi connectivity index (χ1v) is 5.99. The molecule has 0 saturated carbocycles. The molecular formula is C12H24N4O. The normalized spacial score (nSPS) is 11.8. The number of anilines is 2. The summed E-state index contributed by atoms with van der Waals surface area (Å²) in [5.74, 6) is 0.871. The maximum Gasteiger partial charge on any atom is 0.148 e. The summed E-state index contributed by atoms with van der Waals surface area (Å²) in [5, 5.41) is 7.82. The van der Waals surface area contributed by atoms with Gasteiger partial charge in [0.15, 0.2) is 0 Å². The van der Waals surface area contributed by atoms with Crippen molar-refractivity contribution in [1.82, 2.24) is 9.78 Å². The number of rotatable bonds is 6. The quantitative estimate of drug-likeness (QED) is 0.795. The minimum absolute atomic E-state index is 0.167. The Morgan fingerprint density at radius 2 is 2.12 bits per heavy atom. The molecule has 98 valence electrons. The number of ether oxygens (including phenoxy) is 1. The summed E-state index contributed by atoms with van der Waals surface area (Å²) in [6, 6.07) is 0. The van der Waals surface area contributed by atoms with E-state index < -0.39 is 0 Å². The van der Waals surface area contributed by atoms with Gasteiger partial charge in [-0.25, -0.2) is 0 Å². The molecule has 3 N–H and O–H groups in total. The standard InChI is InChI=1S/C12H24N4O/c1-6-7-9-10(13)11(16(4)15-9)14-12(2,3)8-17-5/h14H,6-8,13H2,1-5H3. The van der Waals surface area contributed by atoms with Crippen LogP contribution in [0.25, 0.3) is 0 Å². The van der Waals surface area contributed by atoms with E-state index in [4.69, 9.17) is 10.5 Å². The molecule has 0 unspecified atom stereocenters. The zero-order valence-electron chi connectivity index (χ0n) is 11.5. The van der Waals surface area contributed by atoms with Crippen LogP contribution in [-0.4, -0.2) is 29.0 Å². The highest BCUT2D eigenvalue weighted by atomic mass is 16.5. The minimum Gasteiger partial charge on any atom is -0.394 e. The van der Waals surface area contributed by atoms with Crippen molar-refractivity contribution in [3.63, 3.8) is 0 Å². The molecule has 0 aliphatic rings. The molecule has 0 aromatic carbocycles. The smallest absolute Gasteiger partial charge is 0.148 e. The van der Waals surface area contributed by atoms with Crippen molar-refractivity contribution in [2.75, 3.05) is 24.8 Å². The molecule has 0 atom stereocenters. The third kappa shape index (κ3) is 3.36. The van der Waals surface area contributed by atoms with E-state index in [1.807, 2.05) is 7.05 Å². The van der Waals surface area contributed by atoms with Crippen LogP contribution in [-0.2, 0) is 18.2 Å². The molecular weight excluding hydrogens is 216 g/mol. The zero-order chi connectivity index (χ0) is 13.1. The lowest BCUT2D eigenvalue weighted by Crippen LogP contribution is -2.36. The van der Waals surface area contributed by atoms with Crippen LogP contribution in [0.5, 0.6) is 0 Å². The van der Waals surface area contributed by atoms with Gasteiger partial charge in [-0.1, -0.05) is 13.3 Å². The fraction of sp³-hybridized carbons (Fsp3) is 0.750. The van der Waals surface area contributed by atoms with E-state index in [1.165, 1.54) is 0 Å². The first kappa shape index (κ1) is 13.8. The van der Waals surface area contributed by atoms with Gasteiger partial charge in [0, 0.05) is 14.2 Å². The number of methoxy groups -OCH3 is 1. The largest absolute Gasteiger partial charge is 0.394 e. The zero-order valence-corrected chi connectivity index (χ0v) is 11.5. The Morgan fingerprint density at radius 3 is 2.65 bits per heavy atom. The third-order valence-electron chi connectivity index (χ3n) is 2.61. The van der Waals surface area contributed by atoms with E-state index >= 15 is 0 Å². The molecule has 1 rings (SSSR count). The monoisotopic (exact) mass is 240 g/mol. The molecule has 0 bridgehead atoms. The van der Waals surface area contributed by atoms with E-state index in [9.17, 15) is 0 Å². The summed E-state index contributed by atoms with van der Waals surface area (Å²) in [5.41, 5.74) is 7.65. The lowest BCUT2D eigenvalue weighted by molar-refractivity contribution is 0.158. The summed E-state index contributed by atoms with van der Waals surface area (Å²) in [6.45, 7) is 6.88. The van der Waals surface area contributed by atoms with Crippen LogP contribution in [0.15, 0.2) is 0 Å². The lowest BCUT2D eigenvalue weighted by atomic mass is 10.1. The van der Waals surface area contributed by atoms with Gasteiger partial charge in [0.05, 0.1) is 23.5 Å². The SMILES string of the molecule is CCCc1nn(C)c(NC(C)(C)COC)c1N. The molecule has 1 aromatic heterocycles. The molecule has 0 aliphatic heterocycles. The Morgan fingerprint density at radius 1 is 1.47 bits per heavy atom. The average Bonchev–Trinajstić information content (AvgIpc) is 2.46.